The SMILES string of the molecule is CCC1(C)CCN(CC(=O)c2ccc(OC)c(F)c2)CC1. The van der Waals surface area contributed by atoms with Crippen LogP contribution in [0.2, 0.25) is 0 Å². The van der Waals surface area contributed by atoms with Crippen LogP contribution in [0.15, 0.2) is 18.2 Å². The maximum Gasteiger partial charge on any atom is 0.176 e. The van der Waals surface area contributed by atoms with Crippen molar-refractivity contribution in [2.75, 3.05) is 26.7 Å². The van der Waals surface area contributed by atoms with Gasteiger partial charge in [0.25, 0.3) is 0 Å². The van der Waals surface area contributed by atoms with Gasteiger partial charge in [0.1, 0.15) is 0 Å². The number of rotatable bonds is 5. The second-order valence-electron chi connectivity index (χ2n) is 6.21. The van der Waals surface area contributed by atoms with E-state index in [0.717, 1.165) is 25.9 Å². The number of carbonyl (C=O) groups is 1. The van der Waals surface area contributed by atoms with Gasteiger partial charge in [-0.25, -0.2) is 4.39 Å². The topological polar surface area (TPSA) is 29.5 Å². The Kier molecular flexibility index (Phi) is 4.99. The van der Waals surface area contributed by atoms with E-state index >= 15 is 0 Å². The Morgan fingerprint density at radius 1 is 1.38 bits per heavy atom. The van der Waals surface area contributed by atoms with Gasteiger partial charge in [0.05, 0.1) is 13.7 Å². The lowest BCUT2D eigenvalue weighted by Crippen LogP contribution is -2.41. The molecule has 1 aromatic rings. The molecule has 0 atom stereocenters. The van der Waals surface area contributed by atoms with E-state index in [4.69, 9.17) is 4.74 Å². The molecule has 0 saturated carbocycles. The van der Waals surface area contributed by atoms with Gasteiger partial charge in [0, 0.05) is 5.56 Å². The smallest absolute Gasteiger partial charge is 0.176 e. The number of piperidine rings is 1. The average molecular weight is 293 g/mol. The molecule has 116 valence electrons. The molecule has 1 aliphatic heterocycles. The van der Waals surface area contributed by atoms with Crippen LogP contribution < -0.4 is 4.74 Å². The molecule has 1 heterocycles. The number of hydrogen-bond donors (Lipinski definition) is 0. The van der Waals surface area contributed by atoms with Crippen molar-refractivity contribution < 1.29 is 13.9 Å². The van der Waals surface area contributed by atoms with Crippen molar-refractivity contribution in [3.8, 4) is 5.75 Å². The van der Waals surface area contributed by atoms with E-state index in [1.807, 2.05) is 0 Å². The number of nitrogens with zero attached hydrogens (tertiary/aromatic N) is 1. The van der Waals surface area contributed by atoms with Crippen molar-refractivity contribution in [1.82, 2.24) is 4.90 Å². The first-order valence-electron chi connectivity index (χ1n) is 7.56. The van der Waals surface area contributed by atoms with Crippen LogP contribution in [0.5, 0.6) is 5.75 Å². The van der Waals surface area contributed by atoms with Crippen LogP contribution in [-0.4, -0.2) is 37.4 Å². The molecule has 0 amide bonds. The number of Topliss-reactive ketones (excluding diaryl/α,β-unsaturated/α-hetero) is 1. The first-order valence-corrected chi connectivity index (χ1v) is 7.56. The van der Waals surface area contributed by atoms with Gasteiger partial charge in [-0.05, 0) is 49.5 Å². The van der Waals surface area contributed by atoms with Gasteiger partial charge < -0.3 is 4.74 Å². The molecule has 21 heavy (non-hydrogen) atoms. The summed E-state index contributed by atoms with van der Waals surface area (Å²) in [6.45, 7) is 6.78. The van der Waals surface area contributed by atoms with Crippen LogP contribution in [0.1, 0.15) is 43.5 Å². The normalized spacial score (nSPS) is 18.5. The largest absolute Gasteiger partial charge is 0.494 e. The summed E-state index contributed by atoms with van der Waals surface area (Å²) in [7, 11) is 1.42. The molecule has 0 aromatic heterocycles. The molecule has 0 N–H and O–H groups in total. The third-order valence-corrected chi connectivity index (χ3v) is 4.76. The maximum absolute atomic E-state index is 13.6. The lowest BCUT2D eigenvalue weighted by atomic mass is 9.78. The van der Waals surface area contributed by atoms with E-state index in [1.165, 1.54) is 25.7 Å². The molecule has 0 radical (unpaired) electrons. The van der Waals surface area contributed by atoms with Gasteiger partial charge in [-0.1, -0.05) is 20.3 Å². The molecule has 0 unspecified atom stereocenters. The third kappa shape index (κ3) is 3.82. The Labute approximate surface area is 126 Å². The van der Waals surface area contributed by atoms with Crippen molar-refractivity contribution in [2.24, 2.45) is 5.41 Å². The molecule has 1 fully saturated rings. The molecule has 1 saturated heterocycles. The summed E-state index contributed by atoms with van der Waals surface area (Å²) in [5.41, 5.74) is 0.823. The fourth-order valence-corrected chi connectivity index (χ4v) is 2.74. The number of ether oxygens (including phenoxy) is 1. The summed E-state index contributed by atoms with van der Waals surface area (Å²) in [4.78, 5) is 14.4. The van der Waals surface area contributed by atoms with Gasteiger partial charge in [-0.15, -0.1) is 0 Å². The van der Waals surface area contributed by atoms with Crippen LogP contribution in [0, 0.1) is 11.2 Å². The van der Waals surface area contributed by atoms with E-state index in [0.29, 0.717) is 17.5 Å². The Hall–Kier alpha value is -1.42. The Morgan fingerprint density at radius 2 is 2.05 bits per heavy atom. The second kappa shape index (κ2) is 6.56. The zero-order valence-corrected chi connectivity index (χ0v) is 13.1. The van der Waals surface area contributed by atoms with Crippen molar-refractivity contribution in [1.29, 1.82) is 0 Å². The minimum absolute atomic E-state index is 0.0309. The summed E-state index contributed by atoms with van der Waals surface area (Å²) in [6, 6.07) is 4.40. The molecule has 1 aliphatic rings. The standard InChI is InChI=1S/C17H24FNO2/c1-4-17(2)7-9-19(10-8-17)12-15(20)13-5-6-16(21-3)14(18)11-13/h5-6,11H,4,7-10,12H2,1-3H3. The highest BCUT2D eigenvalue weighted by molar-refractivity contribution is 5.97. The second-order valence-corrected chi connectivity index (χ2v) is 6.21. The van der Waals surface area contributed by atoms with E-state index in [2.05, 4.69) is 18.7 Å². The first-order chi connectivity index (χ1) is 9.97. The fourth-order valence-electron chi connectivity index (χ4n) is 2.74. The molecule has 0 aliphatic carbocycles. The fraction of sp³-hybridized carbons (Fsp3) is 0.588. The molecule has 4 heteroatoms. The zero-order chi connectivity index (χ0) is 15.5. The van der Waals surface area contributed by atoms with Crippen molar-refractivity contribution >= 4 is 5.78 Å². The zero-order valence-electron chi connectivity index (χ0n) is 13.1. The lowest BCUT2D eigenvalue weighted by Gasteiger charge is -2.38. The summed E-state index contributed by atoms with van der Waals surface area (Å²) >= 11 is 0. The van der Waals surface area contributed by atoms with Gasteiger partial charge in [-0.2, -0.15) is 0 Å². The Morgan fingerprint density at radius 3 is 2.57 bits per heavy atom. The predicted octanol–water partition coefficient (Wildman–Crippen LogP) is 3.53. The predicted molar refractivity (Wildman–Crippen MR) is 81.4 cm³/mol. The number of ketones is 1. The molecule has 2 rings (SSSR count). The summed E-state index contributed by atoms with van der Waals surface area (Å²) in [5, 5.41) is 0. The molecule has 0 bridgehead atoms. The number of methoxy groups -OCH3 is 1. The molecule has 0 spiro atoms. The van der Waals surface area contributed by atoms with Crippen molar-refractivity contribution in [3.63, 3.8) is 0 Å². The minimum atomic E-state index is -0.486. The summed E-state index contributed by atoms with van der Waals surface area (Å²) in [5.74, 6) is -0.347. The van der Waals surface area contributed by atoms with Gasteiger partial charge in [0.15, 0.2) is 17.3 Å². The van der Waals surface area contributed by atoms with Crippen LogP contribution in [0.3, 0.4) is 0 Å². The summed E-state index contributed by atoms with van der Waals surface area (Å²) < 4.78 is 18.5. The Balaban J connectivity index is 1.95. The first kappa shape index (κ1) is 16.0. The molecule has 3 nitrogen and oxygen atoms in total. The number of likely N-dealkylation sites (tertiary alicyclic amines) is 1. The average Bonchev–Trinajstić information content (AvgIpc) is 2.49. The van der Waals surface area contributed by atoms with Crippen LogP contribution in [0.25, 0.3) is 0 Å². The highest BCUT2D eigenvalue weighted by Crippen LogP contribution is 2.33. The number of halogens is 1. The van der Waals surface area contributed by atoms with Gasteiger partial charge in [-0.3, -0.25) is 9.69 Å². The van der Waals surface area contributed by atoms with Gasteiger partial charge >= 0.3 is 0 Å². The van der Waals surface area contributed by atoms with Crippen molar-refractivity contribution in [2.45, 2.75) is 33.1 Å². The number of carbonyl (C=O) groups excluding carboxylic acids is 1. The minimum Gasteiger partial charge on any atom is -0.494 e. The van der Waals surface area contributed by atoms with Crippen LogP contribution >= 0.6 is 0 Å². The van der Waals surface area contributed by atoms with Gasteiger partial charge in [0.2, 0.25) is 0 Å². The molecular weight excluding hydrogens is 269 g/mol. The lowest BCUT2D eigenvalue weighted by molar-refractivity contribution is 0.0812. The van der Waals surface area contributed by atoms with Crippen LogP contribution in [0.4, 0.5) is 4.39 Å². The monoisotopic (exact) mass is 293 g/mol. The molecular formula is C17H24FNO2. The van der Waals surface area contributed by atoms with E-state index in [-0.39, 0.29) is 11.5 Å². The van der Waals surface area contributed by atoms with Crippen LogP contribution in [-0.2, 0) is 0 Å². The Bertz CT molecular complexity index is 508. The number of benzene rings is 1. The maximum atomic E-state index is 13.6. The van der Waals surface area contributed by atoms with Crippen molar-refractivity contribution in [3.05, 3.63) is 29.6 Å². The highest BCUT2D eigenvalue weighted by Gasteiger charge is 2.29. The van der Waals surface area contributed by atoms with E-state index < -0.39 is 5.82 Å². The highest BCUT2D eigenvalue weighted by atomic mass is 19.1. The quantitative estimate of drug-likeness (QED) is 0.778. The number of hydrogen-bond acceptors (Lipinski definition) is 3. The summed E-state index contributed by atoms with van der Waals surface area (Å²) in [6.07, 6.45) is 3.42. The molecule has 1 aromatic carbocycles. The van der Waals surface area contributed by atoms with E-state index in [9.17, 15) is 9.18 Å². The van der Waals surface area contributed by atoms with E-state index in [1.54, 1.807) is 6.07 Å². The third-order valence-electron chi connectivity index (χ3n) is 4.76.